The molecule has 0 amide bonds. The molecule has 0 saturated carbocycles. The minimum Gasteiger partial charge on any atom is -0.0643 e. The summed E-state index contributed by atoms with van der Waals surface area (Å²) in [5, 5.41) is 0. The monoisotopic (exact) mass is 180 g/mol. The van der Waals surface area contributed by atoms with Crippen molar-refractivity contribution in [3.8, 4) is 0 Å². The van der Waals surface area contributed by atoms with Crippen molar-refractivity contribution >= 4 is 23.8 Å². The van der Waals surface area contributed by atoms with Crippen LogP contribution in [-0.2, 0) is 6.32 Å². The van der Waals surface area contributed by atoms with Gasteiger partial charge in [-0.15, -0.1) is 0 Å². The van der Waals surface area contributed by atoms with Crippen molar-refractivity contribution in [1.82, 2.24) is 0 Å². The van der Waals surface area contributed by atoms with Crippen LogP contribution in [0.3, 0.4) is 0 Å². The van der Waals surface area contributed by atoms with Gasteiger partial charge in [-0.2, -0.15) is 0 Å². The molecule has 9 heavy (non-hydrogen) atoms. The Labute approximate surface area is 64.8 Å². The van der Waals surface area contributed by atoms with Gasteiger partial charge in [0.2, 0.25) is 0 Å². The Morgan fingerprint density at radius 1 is 1.22 bits per heavy atom. The van der Waals surface area contributed by atoms with Gasteiger partial charge >= 0.3 is 0 Å². The second-order valence-corrected chi connectivity index (χ2v) is 2.75. The van der Waals surface area contributed by atoms with Crippen LogP contribution in [0, 0.1) is 0 Å². The maximum Gasteiger partial charge on any atom is 0.0716 e. The largest absolute Gasteiger partial charge is 0.0716 e. The summed E-state index contributed by atoms with van der Waals surface area (Å²) in [6.07, 6.45) is 0.618. The highest BCUT2D eigenvalue weighted by atomic mass is 79.9. The molecule has 0 unspecified atom stereocenters. The molecule has 0 aliphatic heterocycles. The predicted molar refractivity (Wildman–Crippen MR) is 43.6 cm³/mol. The molecular weight excluding hydrogens is 175 g/mol. The summed E-state index contributed by atoms with van der Waals surface area (Å²) in [5.74, 6) is 0. The Balaban J connectivity index is 2.88. The van der Waals surface area contributed by atoms with Crippen LogP contribution in [0.1, 0.15) is 5.56 Å². The van der Waals surface area contributed by atoms with E-state index >= 15 is 0 Å². The first-order valence-electron chi connectivity index (χ1n) is 2.77. The Hall–Kier alpha value is -0.235. The lowest BCUT2D eigenvalue weighted by Crippen LogP contribution is -1.80. The molecule has 0 heterocycles. The van der Waals surface area contributed by atoms with Crippen LogP contribution >= 0.6 is 15.9 Å². The average Bonchev–Trinajstić information content (AvgIpc) is 1.90. The number of hydrogen-bond acceptors (Lipinski definition) is 0. The second kappa shape index (κ2) is 3.07. The van der Waals surface area contributed by atoms with E-state index in [9.17, 15) is 0 Å². The minimum atomic E-state index is 0.618. The zero-order valence-corrected chi connectivity index (χ0v) is 6.56. The third-order valence-electron chi connectivity index (χ3n) is 1.15. The van der Waals surface area contributed by atoms with Gasteiger partial charge in [-0.05, 0) is 12.1 Å². The van der Waals surface area contributed by atoms with E-state index in [2.05, 4.69) is 15.9 Å². The van der Waals surface area contributed by atoms with Gasteiger partial charge in [0.15, 0.2) is 0 Å². The van der Waals surface area contributed by atoms with Gasteiger partial charge < -0.3 is 0 Å². The molecule has 1 aromatic rings. The fourth-order valence-electron chi connectivity index (χ4n) is 0.620. The lowest BCUT2D eigenvalue weighted by Gasteiger charge is -1.93. The van der Waals surface area contributed by atoms with Gasteiger partial charge in [-0.1, -0.05) is 39.9 Å². The van der Waals surface area contributed by atoms with Gasteiger partial charge in [0.1, 0.15) is 0 Å². The van der Waals surface area contributed by atoms with Gasteiger partial charge in [-0.25, -0.2) is 0 Å². The molecule has 44 valence electrons. The fraction of sp³-hybridized carbons (Fsp3) is 0.143. The van der Waals surface area contributed by atoms with E-state index in [1.165, 1.54) is 5.56 Å². The van der Waals surface area contributed by atoms with Crippen LogP contribution < -0.4 is 0 Å². The van der Waals surface area contributed by atoms with Gasteiger partial charge in [0, 0.05) is 4.47 Å². The van der Waals surface area contributed by atoms with Crippen molar-refractivity contribution in [2.45, 2.75) is 6.32 Å². The van der Waals surface area contributed by atoms with E-state index in [-0.39, 0.29) is 0 Å². The van der Waals surface area contributed by atoms with Crippen molar-refractivity contribution in [3.05, 3.63) is 34.3 Å². The quantitative estimate of drug-likeness (QED) is 0.581. The van der Waals surface area contributed by atoms with Crippen LogP contribution in [0.4, 0.5) is 0 Å². The van der Waals surface area contributed by atoms with Crippen LogP contribution in [0.25, 0.3) is 0 Å². The molecule has 0 nitrogen and oxygen atoms in total. The smallest absolute Gasteiger partial charge is 0.0643 e. The lowest BCUT2D eigenvalue weighted by atomic mass is 9.97. The van der Waals surface area contributed by atoms with Crippen LogP contribution in [0.15, 0.2) is 28.7 Å². The summed E-state index contributed by atoms with van der Waals surface area (Å²) >= 11 is 3.33. The summed E-state index contributed by atoms with van der Waals surface area (Å²) in [6.45, 7) is 0. The number of rotatable bonds is 1. The van der Waals surface area contributed by atoms with Gasteiger partial charge in [0.05, 0.1) is 7.85 Å². The first-order valence-corrected chi connectivity index (χ1v) is 3.57. The highest BCUT2D eigenvalue weighted by Crippen LogP contribution is 2.09. The number of hydrogen-bond donors (Lipinski definition) is 0. The van der Waals surface area contributed by atoms with Crippen LogP contribution in [-0.4, -0.2) is 7.85 Å². The van der Waals surface area contributed by atoms with Crippen molar-refractivity contribution in [1.29, 1.82) is 0 Å². The Morgan fingerprint density at radius 3 is 2.22 bits per heavy atom. The van der Waals surface area contributed by atoms with Crippen LogP contribution in [0.5, 0.6) is 0 Å². The Kier molecular flexibility index (Phi) is 2.34. The zero-order chi connectivity index (χ0) is 6.69. The standard InChI is InChI=1S/C7H6BBr/c8-5-6-1-3-7(9)4-2-6/h1-4H,5H2. The summed E-state index contributed by atoms with van der Waals surface area (Å²) in [6, 6.07) is 7.98. The van der Waals surface area contributed by atoms with Crippen molar-refractivity contribution in [3.63, 3.8) is 0 Å². The van der Waals surface area contributed by atoms with E-state index in [1.54, 1.807) is 0 Å². The second-order valence-electron chi connectivity index (χ2n) is 1.83. The third kappa shape index (κ3) is 1.86. The topological polar surface area (TPSA) is 0 Å². The highest BCUT2D eigenvalue weighted by Gasteiger charge is 1.85. The summed E-state index contributed by atoms with van der Waals surface area (Å²) in [7, 11) is 5.38. The molecule has 0 saturated heterocycles. The minimum absolute atomic E-state index is 0.618. The molecule has 2 radical (unpaired) electrons. The molecule has 1 aromatic carbocycles. The van der Waals surface area contributed by atoms with Crippen LogP contribution in [0.2, 0.25) is 0 Å². The van der Waals surface area contributed by atoms with E-state index in [0.29, 0.717) is 6.32 Å². The van der Waals surface area contributed by atoms with E-state index in [1.807, 2.05) is 24.3 Å². The first kappa shape index (κ1) is 6.88. The number of benzene rings is 1. The van der Waals surface area contributed by atoms with Gasteiger partial charge in [0.25, 0.3) is 0 Å². The summed E-state index contributed by atoms with van der Waals surface area (Å²) in [4.78, 5) is 0. The molecule has 0 atom stereocenters. The Morgan fingerprint density at radius 2 is 1.78 bits per heavy atom. The zero-order valence-electron chi connectivity index (χ0n) is 4.97. The molecule has 0 N–H and O–H groups in total. The average molecular weight is 181 g/mol. The molecule has 1 rings (SSSR count). The summed E-state index contributed by atoms with van der Waals surface area (Å²) < 4.78 is 1.10. The SMILES string of the molecule is [B]Cc1ccc(Br)cc1. The first-order chi connectivity index (χ1) is 4.33. The van der Waals surface area contributed by atoms with Gasteiger partial charge in [-0.3, -0.25) is 0 Å². The van der Waals surface area contributed by atoms with Crippen molar-refractivity contribution in [2.75, 3.05) is 0 Å². The normalized spacial score (nSPS) is 9.44. The predicted octanol–water partition coefficient (Wildman–Crippen LogP) is 2.12. The fourth-order valence-corrected chi connectivity index (χ4v) is 0.885. The van der Waals surface area contributed by atoms with Crippen molar-refractivity contribution in [2.24, 2.45) is 0 Å². The van der Waals surface area contributed by atoms with Crippen molar-refractivity contribution < 1.29 is 0 Å². The molecule has 0 aliphatic rings. The molecule has 0 bridgehead atoms. The third-order valence-corrected chi connectivity index (χ3v) is 1.68. The molecular formula is C7H6BBr. The molecule has 0 aliphatic carbocycles. The van der Waals surface area contributed by atoms with E-state index in [4.69, 9.17) is 7.85 Å². The highest BCUT2D eigenvalue weighted by molar-refractivity contribution is 9.10. The summed E-state index contributed by atoms with van der Waals surface area (Å²) in [5.41, 5.74) is 1.16. The Bertz CT molecular complexity index is 181. The molecule has 0 spiro atoms. The molecule has 0 aromatic heterocycles. The lowest BCUT2D eigenvalue weighted by molar-refractivity contribution is 1.39. The van der Waals surface area contributed by atoms with E-state index in [0.717, 1.165) is 4.47 Å². The maximum absolute atomic E-state index is 5.38. The number of halogens is 1. The molecule has 2 heteroatoms. The maximum atomic E-state index is 5.38. The molecule has 0 fully saturated rings. The van der Waals surface area contributed by atoms with E-state index < -0.39 is 0 Å².